The summed E-state index contributed by atoms with van der Waals surface area (Å²) in [6.07, 6.45) is 2.41. The van der Waals surface area contributed by atoms with Gasteiger partial charge in [-0.3, -0.25) is 9.59 Å². The minimum Gasteiger partial charge on any atom is -0.454 e. The Morgan fingerprint density at radius 3 is 2.56 bits per heavy atom. The van der Waals surface area contributed by atoms with Gasteiger partial charge in [0.05, 0.1) is 5.41 Å². The summed E-state index contributed by atoms with van der Waals surface area (Å²) in [6, 6.07) is 18.9. The van der Waals surface area contributed by atoms with Gasteiger partial charge < -0.3 is 20.5 Å². The van der Waals surface area contributed by atoms with Crippen molar-refractivity contribution in [2.75, 3.05) is 12.1 Å². The first kappa shape index (κ1) is 20.1. The largest absolute Gasteiger partial charge is 0.454 e. The molecule has 0 bridgehead atoms. The molecule has 0 aromatic heterocycles. The smallest absolute Gasteiger partial charge is 0.248 e. The van der Waals surface area contributed by atoms with Crippen molar-refractivity contribution in [2.45, 2.75) is 31.6 Å². The van der Waals surface area contributed by atoms with E-state index in [1.807, 2.05) is 48.5 Å². The van der Waals surface area contributed by atoms with Crippen LogP contribution in [0.3, 0.4) is 0 Å². The molecular weight excluding hydrogens is 404 g/mol. The van der Waals surface area contributed by atoms with Crippen LogP contribution >= 0.6 is 0 Å². The first-order chi connectivity index (χ1) is 15.5. The van der Waals surface area contributed by atoms with Crippen LogP contribution in [0.25, 0.3) is 11.1 Å². The van der Waals surface area contributed by atoms with Crippen LogP contribution in [0.2, 0.25) is 0 Å². The van der Waals surface area contributed by atoms with Crippen LogP contribution in [-0.2, 0) is 16.6 Å². The lowest BCUT2D eigenvalue weighted by molar-refractivity contribution is -0.118. The van der Waals surface area contributed by atoms with Crippen molar-refractivity contribution < 1.29 is 19.1 Å². The van der Waals surface area contributed by atoms with Gasteiger partial charge in [-0.1, -0.05) is 31.2 Å². The maximum absolute atomic E-state index is 13.3. The molecule has 2 amide bonds. The molecule has 3 aromatic rings. The van der Waals surface area contributed by atoms with E-state index in [0.717, 1.165) is 47.2 Å². The number of carbonyl (C=O) groups is 2. The third-order valence-corrected chi connectivity index (χ3v) is 6.32. The van der Waals surface area contributed by atoms with Crippen LogP contribution in [0.5, 0.6) is 11.5 Å². The zero-order valence-electron chi connectivity index (χ0n) is 17.8. The fourth-order valence-electron chi connectivity index (χ4n) is 4.29. The van der Waals surface area contributed by atoms with Gasteiger partial charge in [-0.25, -0.2) is 0 Å². The Morgan fingerprint density at radius 2 is 1.81 bits per heavy atom. The molecule has 0 radical (unpaired) electrons. The van der Waals surface area contributed by atoms with Crippen molar-refractivity contribution in [3.8, 4) is 22.6 Å². The van der Waals surface area contributed by atoms with Gasteiger partial charge in [-0.2, -0.15) is 0 Å². The first-order valence-electron chi connectivity index (χ1n) is 10.7. The van der Waals surface area contributed by atoms with Gasteiger partial charge in [0.25, 0.3) is 0 Å². The molecule has 1 aliphatic heterocycles. The molecule has 5 rings (SSSR count). The molecule has 1 heterocycles. The Kier molecular flexibility index (Phi) is 4.85. The lowest BCUT2D eigenvalue weighted by Gasteiger charge is -2.18. The lowest BCUT2D eigenvalue weighted by Crippen LogP contribution is -2.27. The van der Waals surface area contributed by atoms with E-state index in [1.165, 1.54) is 0 Å². The summed E-state index contributed by atoms with van der Waals surface area (Å²) in [5, 5.41) is 3.11. The minimum atomic E-state index is -0.545. The van der Waals surface area contributed by atoms with Crippen molar-refractivity contribution in [1.82, 2.24) is 0 Å². The van der Waals surface area contributed by atoms with Crippen LogP contribution < -0.4 is 20.5 Å². The number of nitrogens with two attached hydrogens (primary N) is 1. The van der Waals surface area contributed by atoms with E-state index in [2.05, 4.69) is 12.2 Å². The number of primary amides is 1. The molecule has 1 saturated carbocycles. The molecule has 1 aliphatic carbocycles. The van der Waals surface area contributed by atoms with E-state index in [4.69, 9.17) is 15.2 Å². The van der Waals surface area contributed by atoms with Crippen molar-refractivity contribution in [3.63, 3.8) is 0 Å². The van der Waals surface area contributed by atoms with Crippen LogP contribution in [-0.4, -0.2) is 18.6 Å². The Balaban J connectivity index is 1.43. The first-order valence-corrected chi connectivity index (χ1v) is 10.7. The van der Waals surface area contributed by atoms with Crippen molar-refractivity contribution in [1.29, 1.82) is 0 Å². The van der Waals surface area contributed by atoms with E-state index in [-0.39, 0.29) is 12.7 Å². The zero-order chi connectivity index (χ0) is 22.3. The Bertz CT molecular complexity index is 1230. The van der Waals surface area contributed by atoms with E-state index in [1.54, 1.807) is 12.1 Å². The Morgan fingerprint density at radius 1 is 1.00 bits per heavy atom. The predicted octanol–water partition coefficient (Wildman–Crippen LogP) is 4.41. The average molecular weight is 428 g/mol. The normalized spacial score (nSPS) is 15.3. The summed E-state index contributed by atoms with van der Waals surface area (Å²) in [4.78, 5) is 24.9. The quantitative estimate of drug-likeness (QED) is 0.608. The van der Waals surface area contributed by atoms with E-state index >= 15 is 0 Å². The number of hydrogen-bond donors (Lipinski definition) is 2. The highest BCUT2D eigenvalue weighted by molar-refractivity contribution is 6.02. The molecule has 162 valence electrons. The molecule has 32 heavy (non-hydrogen) atoms. The average Bonchev–Trinajstić information content (AvgIpc) is 3.50. The number of amides is 2. The van der Waals surface area contributed by atoms with E-state index < -0.39 is 11.3 Å². The number of benzene rings is 3. The van der Waals surface area contributed by atoms with Crippen LogP contribution in [0, 0.1) is 0 Å². The summed E-state index contributed by atoms with van der Waals surface area (Å²) in [5.74, 6) is 0.902. The van der Waals surface area contributed by atoms with E-state index in [0.29, 0.717) is 17.1 Å². The van der Waals surface area contributed by atoms with Crippen molar-refractivity contribution in [2.24, 2.45) is 5.73 Å². The maximum atomic E-state index is 13.3. The Hall–Kier alpha value is -3.80. The molecule has 0 spiro atoms. The second-order valence-electron chi connectivity index (χ2n) is 8.27. The molecule has 0 atom stereocenters. The van der Waals surface area contributed by atoms with Gasteiger partial charge in [0.15, 0.2) is 11.5 Å². The monoisotopic (exact) mass is 428 g/mol. The zero-order valence-corrected chi connectivity index (χ0v) is 17.8. The number of aryl methyl sites for hydroxylation is 1. The summed E-state index contributed by atoms with van der Waals surface area (Å²) < 4.78 is 10.9. The molecule has 0 unspecified atom stereocenters. The third kappa shape index (κ3) is 3.47. The van der Waals surface area contributed by atoms with Crippen LogP contribution in [0.1, 0.15) is 41.3 Å². The highest BCUT2D eigenvalue weighted by Gasteiger charge is 2.51. The molecule has 6 nitrogen and oxygen atoms in total. The lowest BCUT2D eigenvalue weighted by atomic mass is 9.93. The number of carbonyl (C=O) groups excluding carboxylic acids is 2. The standard InChI is InChI=1S/C26H24N2O4/c1-2-16-6-8-20(14-21(16)17-4-3-5-18(12-17)24(27)29)28-25(30)26(10-11-26)19-7-9-22-23(13-19)32-15-31-22/h3-9,12-14H,2,10-11,15H2,1H3,(H2,27,29)(H,28,30). The fraction of sp³-hybridized carbons (Fsp3) is 0.231. The molecule has 3 N–H and O–H groups in total. The van der Waals surface area contributed by atoms with E-state index in [9.17, 15) is 9.59 Å². The number of nitrogens with one attached hydrogen (secondary N) is 1. The molecule has 1 fully saturated rings. The van der Waals surface area contributed by atoms with Gasteiger partial charge in [-0.05, 0) is 77.9 Å². The number of rotatable bonds is 6. The SMILES string of the molecule is CCc1ccc(NC(=O)C2(c3ccc4c(c3)OCO4)CC2)cc1-c1cccc(C(N)=O)c1. The van der Waals surface area contributed by atoms with Gasteiger partial charge in [0.1, 0.15) is 0 Å². The number of fused-ring (bicyclic) bond motifs is 1. The minimum absolute atomic E-state index is 0.0301. The maximum Gasteiger partial charge on any atom is 0.248 e. The third-order valence-electron chi connectivity index (χ3n) is 6.32. The number of ether oxygens (including phenoxy) is 2. The molecule has 0 saturated heterocycles. The highest BCUT2D eigenvalue weighted by atomic mass is 16.7. The number of anilines is 1. The van der Waals surface area contributed by atoms with Gasteiger partial charge >= 0.3 is 0 Å². The van der Waals surface area contributed by atoms with Crippen molar-refractivity contribution >= 4 is 17.5 Å². The molecular formula is C26H24N2O4. The summed E-state index contributed by atoms with van der Waals surface area (Å²) in [5.41, 5.74) is 10.0. The molecule has 2 aliphatic rings. The van der Waals surface area contributed by atoms with Gasteiger partial charge in [0, 0.05) is 11.3 Å². The second kappa shape index (κ2) is 7.71. The highest BCUT2D eigenvalue weighted by Crippen LogP contribution is 2.51. The fourth-order valence-corrected chi connectivity index (χ4v) is 4.29. The summed E-state index contributed by atoms with van der Waals surface area (Å²) in [6.45, 7) is 2.29. The van der Waals surface area contributed by atoms with Gasteiger partial charge in [0.2, 0.25) is 18.6 Å². The van der Waals surface area contributed by atoms with Crippen molar-refractivity contribution in [3.05, 3.63) is 77.4 Å². The van der Waals surface area contributed by atoms with Crippen LogP contribution in [0.15, 0.2) is 60.7 Å². The number of hydrogen-bond acceptors (Lipinski definition) is 4. The Labute approximate surface area is 186 Å². The second-order valence-corrected chi connectivity index (χ2v) is 8.27. The predicted molar refractivity (Wildman–Crippen MR) is 122 cm³/mol. The van der Waals surface area contributed by atoms with Crippen LogP contribution in [0.4, 0.5) is 5.69 Å². The topological polar surface area (TPSA) is 90.7 Å². The van der Waals surface area contributed by atoms with Gasteiger partial charge in [-0.15, -0.1) is 0 Å². The summed E-state index contributed by atoms with van der Waals surface area (Å²) >= 11 is 0. The molecule has 3 aromatic carbocycles. The summed E-state index contributed by atoms with van der Waals surface area (Å²) in [7, 11) is 0. The molecule has 6 heteroatoms.